The van der Waals surface area contributed by atoms with E-state index in [1.165, 1.54) is 42.6 Å². The zero-order chi connectivity index (χ0) is 22.6. The molecule has 1 aromatic rings. The molecule has 30 heavy (non-hydrogen) atoms. The smallest absolute Gasteiger partial charge is 0.0589 e. The van der Waals surface area contributed by atoms with Crippen molar-refractivity contribution in [3.05, 3.63) is 52.3 Å². The van der Waals surface area contributed by atoms with E-state index in [0.717, 1.165) is 13.2 Å². The summed E-state index contributed by atoms with van der Waals surface area (Å²) < 4.78 is 10.3. The highest BCUT2D eigenvalue weighted by Gasteiger charge is 2.13. The van der Waals surface area contributed by atoms with Gasteiger partial charge < -0.3 is 14.4 Å². The average Bonchev–Trinajstić information content (AvgIpc) is 3.27. The van der Waals surface area contributed by atoms with Crippen molar-refractivity contribution in [3.8, 4) is 0 Å². The molecule has 1 saturated heterocycles. The Morgan fingerprint density at radius 2 is 1.83 bits per heavy atom. The summed E-state index contributed by atoms with van der Waals surface area (Å²) in [5.74, 6) is 0. The average molecular weight is 436 g/mol. The van der Waals surface area contributed by atoms with Gasteiger partial charge in [0.05, 0.1) is 18.8 Å². The van der Waals surface area contributed by atoms with Gasteiger partial charge >= 0.3 is 0 Å². The van der Waals surface area contributed by atoms with E-state index >= 15 is 0 Å². The number of thiophene rings is 1. The molecule has 1 aromatic heterocycles. The monoisotopic (exact) mass is 435 g/mol. The first-order chi connectivity index (χ1) is 14.5. The molecule has 0 aromatic carbocycles. The number of allylic oxidation sites excluding steroid dienone is 5. The summed E-state index contributed by atoms with van der Waals surface area (Å²) in [5.41, 5.74) is 1.33. The Hall–Kier alpha value is -1.20. The molecule has 172 valence electrons. The molecular formula is C26H45NO2S. The molecule has 4 heteroatoms. The summed E-state index contributed by atoms with van der Waals surface area (Å²) in [6.45, 7) is 10.1. The van der Waals surface area contributed by atoms with Gasteiger partial charge in [-0.15, -0.1) is 11.3 Å². The molecule has 0 spiro atoms. The second-order valence-electron chi connectivity index (χ2n) is 7.52. The fourth-order valence-corrected chi connectivity index (χ4v) is 3.44. The lowest BCUT2D eigenvalue weighted by Gasteiger charge is -2.24. The Bertz CT molecular complexity index is 568. The second kappa shape index (κ2) is 19.7. The first-order valence-corrected chi connectivity index (χ1v) is 12.3. The van der Waals surface area contributed by atoms with Crippen LogP contribution >= 0.6 is 11.3 Å². The Balaban J connectivity index is 0.000000430. The third-order valence-corrected chi connectivity index (χ3v) is 5.27. The van der Waals surface area contributed by atoms with Crippen LogP contribution in [0.25, 0.3) is 6.08 Å². The summed E-state index contributed by atoms with van der Waals surface area (Å²) in [4.78, 5) is 3.41. The maximum atomic E-state index is 5.49. The molecule has 0 amide bonds. The van der Waals surface area contributed by atoms with Crippen molar-refractivity contribution in [2.45, 2.75) is 72.0 Å². The first kappa shape index (κ1) is 28.8. The van der Waals surface area contributed by atoms with Crippen LogP contribution in [-0.2, 0) is 9.47 Å². The zero-order valence-electron chi connectivity index (χ0n) is 20.4. The van der Waals surface area contributed by atoms with E-state index in [2.05, 4.69) is 66.6 Å². The molecule has 1 aliphatic heterocycles. The summed E-state index contributed by atoms with van der Waals surface area (Å²) in [6, 6.07) is 4.21. The molecule has 1 aliphatic carbocycles. The number of methoxy groups -OCH3 is 1. The van der Waals surface area contributed by atoms with Crippen molar-refractivity contribution in [2.75, 3.05) is 34.4 Å². The van der Waals surface area contributed by atoms with E-state index in [1.54, 1.807) is 18.4 Å². The molecule has 1 fully saturated rings. The van der Waals surface area contributed by atoms with Gasteiger partial charge in [-0.3, -0.25) is 0 Å². The van der Waals surface area contributed by atoms with Crippen molar-refractivity contribution in [3.63, 3.8) is 0 Å². The highest BCUT2D eigenvalue weighted by molar-refractivity contribution is 7.10. The molecule has 0 N–H and O–H groups in total. The predicted molar refractivity (Wildman–Crippen MR) is 135 cm³/mol. The number of rotatable bonds is 5. The lowest BCUT2D eigenvalue weighted by molar-refractivity contribution is -0.0292. The minimum atomic E-state index is 0.513. The largest absolute Gasteiger partial charge is 0.383 e. The van der Waals surface area contributed by atoms with Crippen molar-refractivity contribution in [1.82, 2.24) is 4.90 Å². The van der Waals surface area contributed by atoms with E-state index in [4.69, 9.17) is 9.47 Å². The number of likely N-dealkylation sites (N-methyl/N-ethyl adjacent to an activating group) is 1. The van der Waals surface area contributed by atoms with Crippen molar-refractivity contribution in [1.29, 1.82) is 0 Å². The van der Waals surface area contributed by atoms with Gasteiger partial charge in [-0.05, 0) is 83.1 Å². The van der Waals surface area contributed by atoms with Gasteiger partial charge in [0.2, 0.25) is 0 Å². The molecule has 0 bridgehead atoms. The zero-order valence-corrected chi connectivity index (χ0v) is 21.2. The Labute approximate surface area is 190 Å². The Kier molecular flexibility index (Phi) is 19.0. The predicted octanol–water partition coefficient (Wildman–Crippen LogP) is 7.22. The maximum absolute atomic E-state index is 5.49. The van der Waals surface area contributed by atoms with Gasteiger partial charge in [0.1, 0.15) is 0 Å². The number of ether oxygens (including phenoxy) is 2. The molecular weight excluding hydrogens is 390 g/mol. The number of nitrogens with zero attached hydrogens (tertiary/aromatic N) is 1. The first-order valence-electron chi connectivity index (χ1n) is 11.4. The van der Waals surface area contributed by atoms with Crippen LogP contribution in [0.3, 0.4) is 0 Å². The van der Waals surface area contributed by atoms with Crippen LogP contribution in [0.4, 0.5) is 0 Å². The summed E-state index contributed by atoms with van der Waals surface area (Å²) >= 11 is 1.77. The van der Waals surface area contributed by atoms with Gasteiger partial charge in [0.15, 0.2) is 0 Å². The minimum absolute atomic E-state index is 0.513. The normalized spacial score (nSPS) is 20.3. The standard InChI is InChI=1S/C12H12S.C7H14O.C5H13NO.C2H6/c1-2-5-11(6-3-1)8-9-12-7-4-10-13-12;1-6-4-3-5-7(2)8-6;1-6(2)4-5-7-3;1-2/h2,4-10H,1,3H2;6-7H,3-5H2,1-2H3;4-5H2,1-3H3;1-2H3/b9-8+;;;. The second-order valence-corrected chi connectivity index (χ2v) is 8.50. The fraction of sp³-hybridized carbons (Fsp3) is 0.615. The third kappa shape index (κ3) is 16.6. The molecule has 0 saturated carbocycles. The fourth-order valence-electron chi connectivity index (χ4n) is 2.82. The van der Waals surface area contributed by atoms with Gasteiger partial charge in [-0.25, -0.2) is 0 Å². The third-order valence-electron chi connectivity index (χ3n) is 4.44. The lowest BCUT2D eigenvalue weighted by Crippen LogP contribution is -2.22. The highest BCUT2D eigenvalue weighted by atomic mass is 32.1. The van der Waals surface area contributed by atoms with Crippen molar-refractivity contribution < 1.29 is 9.47 Å². The van der Waals surface area contributed by atoms with Gasteiger partial charge in [0.25, 0.3) is 0 Å². The van der Waals surface area contributed by atoms with Crippen molar-refractivity contribution >= 4 is 17.4 Å². The summed E-state index contributed by atoms with van der Waals surface area (Å²) in [5, 5.41) is 2.10. The maximum Gasteiger partial charge on any atom is 0.0589 e. The summed E-state index contributed by atoms with van der Waals surface area (Å²) in [7, 11) is 5.77. The topological polar surface area (TPSA) is 21.7 Å². The van der Waals surface area contributed by atoms with E-state index < -0.39 is 0 Å². The summed E-state index contributed by atoms with van der Waals surface area (Å²) in [6.07, 6.45) is 18.3. The van der Waals surface area contributed by atoms with Crippen LogP contribution in [0, 0.1) is 0 Å². The number of hydrogen-bond donors (Lipinski definition) is 0. The van der Waals surface area contributed by atoms with Gasteiger partial charge in [-0.2, -0.15) is 0 Å². The highest BCUT2D eigenvalue weighted by Crippen LogP contribution is 2.17. The Morgan fingerprint density at radius 1 is 1.13 bits per heavy atom. The van der Waals surface area contributed by atoms with Crippen LogP contribution in [0.15, 0.2) is 47.4 Å². The lowest BCUT2D eigenvalue weighted by atomic mass is 10.1. The molecule has 2 atom stereocenters. The quantitative estimate of drug-likeness (QED) is 0.487. The number of hydrogen-bond acceptors (Lipinski definition) is 4. The SMILES string of the molecule is C1=CC(/C=C/c2cccs2)=CCC1.CC.CC1CCCC(C)O1.COCCN(C)C. The molecule has 0 radical (unpaired) electrons. The molecule has 3 nitrogen and oxygen atoms in total. The van der Waals surface area contributed by atoms with E-state index in [9.17, 15) is 0 Å². The van der Waals surface area contributed by atoms with Crippen molar-refractivity contribution in [2.24, 2.45) is 0 Å². The van der Waals surface area contributed by atoms with Crippen LogP contribution in [-0.4, -0.2) is 51.5 Å². The van der Waals surface area contributed by atoms with E-state index in [-0.39, 0.29) is 0 Å². The Morgan fingerprint density at radius 3 is 2.23 bits per heavy atom. The van der Waals surface area contributed by atoms with Crippen LogP contribution in [0.1, 0.15) is 64.7 Å². The molecule has 2 unspecified atom stereocenters. The van der Waals surface area contributed by atoms with Gasteiger partial charge in [-0.1, -0.05) is 44.2 Å². The van der Waals surface area contributed by atoms with E-state index in [1.807, 2.05) is 27.9 Å². The minimum Gasteiger partial charge on any atom is -0.383 e. The molecule has 2 heterocycles. The van der Waals surface area contributed by atoms with Crippen LogP contribution in [0.2, 0.25) is 0 Å². The van der Waals surface area contributed by atoms with Crippen LogP contribution < -0.4 is 0 Å². The molecule has 2 aliphatic rings. The van der Waals surface area contributed by atoms with E-state index in [0.29, 0.717) is 12.2 Å². The van der Waals surface area contributed by atoms with Crippen LogP contribution in [0.5, 0.6) is 0 Å². The molecule has 3 rings (SSSR count). The van der Waals surface area contributed by atoms with Gasteiger partial charge in [0, 0.05) is 18.5 Å².